The second-order valence-electron chi connectivity index (χ2n) is 3.74. The van der Waals surface area contributed by atoms with Crippen LogP contribution in [0.4, 0.5) is 5.13 Å². The average Bonchev–Trinajstić information content (AvgIpc) is 2.74. The molecule has 5 nitrogen and oxygen atoms in total. The number of rotatable bonds is 5. The number of benzene rings is 1. The molecule has 0 aliphatic rings. The van der Waals surface area contributed by atoms with Gasteiger partial charge in [0.2, 0.25) is 10.0 Å². The van der Waals surface area contributed by atoms with Crippen molar-refractivity contribution in [3.8, 4) is 0 Å². The molecule has 7 heteroatoms. The topological polar surface area (TPSA) is 85.1 Å². The van der Waals surface area contributed by atoms with E-state index in [4.69, 9.17) is 5.73 Å². The molecule has 96 valence electrons. The molecule has 0 spiro atoms. The Kier molecular flexibility index (Phi) is 3.95. The minimum absolute atomic E-state index is 0.0343. The molecule has 0 atom stereocenters. The quantitative estimate of drug-likeness (QED) is 0.867. The number of nitrogen functional groups attached to an aromatic ring is 1. The van der Waals surface area contributed by atoms with Crippen LogP contribution >= 0.6 is 11.3 Å². The summed E-state index contributed by atoms with van der Waals surface area (Å²) in [7, 11) is -3.35. The third-order valence-corrected chi connectivity index (χ3v) is 4.26. The van der Waals surface area contributed by atoms with Gasteiger partial charge in [-0.25, -0.2) is 18.1 Å². The highest BCUT2D eigenvalue weighted by Crippen LogP contribution is 2.11. The summed E-state index contributed by atoms with van der Waals surface area (Å²) in [6.07, 6.45) is 0. The number of hydrogen-bond acceptors (Lipinski definition) is 5. The molecule has 1 aromatic carbocycles. The maximum absolute atomic E-state index is 11.8. The molecule has 18 heavy (non-hydrogen) atoms. The lowest BCUT2D eigenvalue weighted by atomic mass is 10.2. The van der Waals surface area contributed by atoms with Crippen LogP contribution in [-0.4, -0.2) is 13.4 Å². The summed E-state index contributed by atoms with van der Waals surface area (Å²) in [5.74, 6) is -0.0343. The Morgan fingerprint density at radius 1 is 1.28 bits per heavy atom. The van der Waals surface area contributed by atoms with Crippen molar-refractivity contribution >= 4 is 26.5 Å². The molecule has 0 saturated carbocycles. The predicted octanol–water partition coefficient (Wildman–Crippen LogP) is 1.34. The molecular formula is C11H13N3O2S2. The first kappa shape index (κ1) is 13.0. The lowest BCUT2D eigenvalue weighted by molar-refractivity contribution is 0.580. The summed E-state index contributed by atoms with van der Waals surface area (Å²) in [6, 6.07) is 9.03. The van der Waals surface area contributed by atoms with Crippen LogP contribution in [0, 0.1) is 0 Å². The van der Waals surface area contributed by atoms with Crippen molar-refractivity contribution in [2.24, 2.45) is 0 Å². The molecule has 0 radical (unpaired) electrons. The molecule has 2 rings (SSSR count). The Morgan fingerprint density at radius 3 is 2.61 bits per heavy atom. The minimum Gasteiger partial charge on any atom is -0.375 e. The molecule has 0 unspecified atom stereocenters. The summed E-state index contributed by atoms with van der Waals surface area (Å²) < 4.78 is 26.1. The van der Waals surface area contributed by atoms with Gasteiger partial charge in [0.15, 0.2) is 5.13 Å². The van der Waals surface area contributed by atoms with Crippen molar-refractivity contribution in [2.45, 2.75) is 12.3 Å². The lowest BCUT2D eigenvalue weighted by Gasteiger charge is -2.05. The first-order valence-electron chi connectivity index (χ1n) is 5.26. The summed E-state index contributed by atoms with van der Waals surface area (Å²) >= 11 is 1.29. The first-order chi connectivity index (χ1) is 8.55. The van der Waals surface area contributed by atoms with Crippen molar-refractivity contribution in [3.05, 3.63) is 47.0 Å². The molecule has 0 amide bonds. The number of nitrogens with one attached hydrogen (secondary N) is 1. The fourth-order valence-electron chi connectivity index (χ4n) is 1.43. The van der Waals surface area contributed by atoms with Gasteiger partial charge in [0, 0.05) is 5.38 Å². The Labute approximate surface area is 110 Å². The molecule has 0 bridgehead atoms. The van der Waals surface area contributed by atoms with Gasteiger partial charge >= 0.3 is 0 Å². The number of hydrogen-bond donors (Lipinski definition) is 2. The SMILES string of the molecule is Nc1nc(CNS(=O)(=O)Cc2ccccc2)cs1. The van der Waals surface area contributed by atoms with Crippen LogP contribution in [0.25, 0.3) is 0 Å². The second-order valence-corrected chi connectivity index (χ2v) is 6.44. The van der Waals surface area contributed by atoms with Gasteiger partial charge in [-0.15, -0.1) is 11.3 Å². The number of sulfonamides is 1. The van der Waals surface area contributed by atoms with Gasteiger partial charge in [0.05, 0.1) is 18.0 Å². The van der Waals surface area contributed by atoms with Crippen molar-refractivity contribution in [1.29, 1.82) is 0 Å². The Morgan fingerprint density at radius 2 is 2.00 bits per heavy atom. The van der Waals surface area contributed by atoms with Crippen LogP contribution in [0.2, 0.25) is 0 Å². The first-order valence-corrected chi connectivity index (χ1v) is 7.79. The largest absolute Gasteiger partial charge is 0.375 e. The number of anilines is 1. The Bertz CT molecular complexity index is 608. The third kappa shape index (κ3) is 3.80. The number of aromatic nitrogens is 1. The normalized spacial score (nSPS) is 11.6. The molecule has 0 saturated heterocycles. The standard InChI is InChI=1S/C11H13N3O2S2/c12-11-14-10(7-17-11)6-13-18(15,16)8-9-4-2-1-3-5-9/h1-5,7,13H,6,8H2,(H2,12,14). The molecular weight excluding hydrogens is 270 g/mol. The fraction of sp³-hybridized carbons (Fsp3) is 0.182. The van der Waals surface area contributed by atoms with Crippen LogP contribution in [-0.2, 0) is 22.3 Å². The van der Waals surface area contributed by atoms with Crippen molar-refractivity contribution < 1.29 is 8.42 Å². The van der Waals surface area contributed by atoms with E-state index >= 15 is 0 Å². The minimum atomic E-state index is -3.35. The van der Waals surface area contributed by atoms with E-state index in [0.717, 1.165) is 5.56 Å². The molecule has 0 fully saturated rings. The smallest absolute Gasteiger partial charge is 0.216 e. The highest BCUT2D eigenvalue weighted by molar-refractivity contribution is 7.88. The summed E-state index contributed by atoms with van der Waals surface area (Å²) in [5.41, 5.74) is 6.86. The second kappa shape index (κ2) is 5.47. The van der Waals surface area contributed by atoms with Crippen molar-refractivity contribution in [1.82, 2.24) is 9.71 Å². The van der Waals surface area contributed by atoms with E-state index in [1.165, 1.54) is 11.3 Å². The molecule has 1 aromatic heterocycles. The van der Waals surface area contributed by atoms with Crippen LogP contribution in [0.5, 0.6) is 0 Å². The third-order valence-electron chi connectivity index (χ3n) is 2.24. The highest BCUT2D eigenvalue weighted by atomic mass is 32.2. The van der Waals surface area contributed by atoms with Crippen LogP contribution in [0.1, 0.15) is 11.3 Å². The number of thiazole rings is 1. The maximum Gasteiger partial charge on any atom is 0.216 e. The summed E-state index contributed by atoms with van der Waals surface area (Å²) in [5, 5.41) is 2.17. The predicted molar refractivity (Wildman–Crippen MR) is 72.4 cm³/mol. The molecule has 2 aromatic rings. The number of nitrogens with two attached hydrogens (primary N) is 1. The summed E-state index contributed by atoms with van der Waals surface area (Å²) in [4.78, 5) is 3.99. The lowest BCUT2D eigenvalue weighted by Crippen LogP contribution is -2.24. The van der Waals surface area contributed by atoms with E-state index in [9.17, 15) is 8.42 Å². The van der Waals surface area contributed by atoms with E-state index in [0.29, 0.717) is 10.8 Å². The van der Waals surface area contributed by atoms with Crippen LogP contribution in [0.15, 0.2) is 35.7 Å². The van der Waals surface area contributed by atoms with Crippen molar-refractivity contribution in [2.75, 3.05) is 5.73 Å². The van der Waals surface area contributed by atoms with Crippen LogP contribution < -0.4 is 10.5 Å². The van der Waals surface area contributed by atoms with Crippen LogP contribution in [0.3, 0.4) is 0 Å². The number of nitrogens with zero attached hydrogens (tertiary/aromatic N) is 1. The molecule has 0 aliphatic carbocycles. The Balaban J connectivity index is 1.96. The van der Waals surface area contributed by atoms with Gasteiger partial charge in [-0.2, -0.15) is 0 Å². The van der Waals surface area contributed by atoms with E-state index < -0.39 is 10.0 Å². The Hall–Kier alpha value is -1.44. The average molecular weight is 283 g/mol. The van der Waals surface area contributed by atoms with Gasteiger partial charge in [-0.05, 0) is 5.56 Å². The van der Waals surface area contributed by atoms with E-state index in [2.05, 4.69) is 9.71 Å². The van der Waals surface area contributed by atoms with E-state index in [1.807, 2.05) is 18.2 Å². The maximum atomic E-state index is 11.8. The van der Waals surface area contributed by atoms with Gasteiger partial charge < -0.3 is 5.73 Å². The zero-order valence-electron chi connectivity index (χ0n) is 9.54. The zero-order chi connectivity index (χ0) is 13.0. The zero-order valence-corrected chi connectivity index (χ0v) is 11.2. The molecule has 3 N–H and O–H groups in total. The van der Waals surface area contributed by atoms with Gasteiger partial charge in [0.25, 0.3) is 0 Å². The molecule has 0 aliphatic heterocycles. The van der Waals surface area contributed by atoms with Gasteiger partial charge in [0.1, 0.15) is 0 Å². The van der Waals surface area contributed by atoms with Gasteiger partial charge in [-0.3, -0.25) is 0 Å². The fourth-order valence-corrected chi connectivity index (χ4v) is 3.10. The van der Waals surface area contributed by atoms with Crippen molar-refractivity contribution in [3.63, 3.8) is 0 Å². The van der Waals surface area contributed by atoms with Gasteiger partial charge in [-0.1, -0.05) is 30.3 Å². The summed E-state index contributed by atoms with van der Waals surface area (Å²) in [6.45, 7) is 0.170. The van der Waals surface area contributed by atoms with E-state index in [-0.39, 0.29) is 12.3 Å². The molecule has 1 heterocycles. The van der Waals surface area contributed by atoms with E-state index in [1.54, 1.807) is 17.5 Å². The monoisotopic (exact) mass is 283 g/mol. The highest BCUT2D eigenvalue weighted by Gasteiger charge is 2.11.